The van der Waals surface area contributed by atoms with Gasteiger partial charge < -0.3 is 5.11 Å². The highest BCUT2D eigenvalue weighted by Crippen LogP contribution is 2.44. The van der Waals surface area contributed by atoms with Gasteiger partial charge in [0.05, 0.1) is 0 Å². The van der Waals surface area contributed by atoms with Crippen LogP contribution >= 0.6 is 0 Å². The Morgan fingerprint density at radius 1 is 1.38 bits per heavy atom. The smallest absolute Gasteiger partial charge is 0.0487 e. The summed E-state index contributed by atoms with van der Waals surface area (Å²) in [6.07, 6.45) is 3.67. The quantitative estimate of drug-likeness (QED) is 0.806. The largest absolute Gasteiger partial charge is 0.396 e. The summed E-state index contributed by atoms with van der Waals surface area (Å²) in [7, 11) is 0. The lowest BCUT2D eigenvalue weighted by atomic mass is 9.67. The fourth-order valence-corrected chi connectivity index (χ4v) is 2.99. The molecule has 0 aromatic heterocycles. The number of hydrogen-bond acceptors (Lipinski definition) is 1. The second-order valence-electron chi connectivity index (χ2n) is 5.74. The maximum atomic E-state index is 9.56. The number of fused-ring (bicyclic) bond motifs is 1. The Kier molecular flexibility index (Phi) is 3.07. The van der Waals surface area contributed by atoms with Gasteiger partial charge in [0, 0.05) is 6.61 Å². The van der Waals surface area contributed by atoms with Crippen molar-refractivity contribution >= 4 is 0 Å². The van der Waals surface area contributed by atoms with E-state index in [-0.39, 0.29) is 12.0 Å². The first kappa shape index (κ1) is 11.7. The summed E-state index contributed by atoms with van der Waals surface area (Å²) in [5, 5.41) is 9.56. The van der Waals surface area contributed by atoms with E-state index in [1.54, 1.807) is 0 Å². The van der Waals surface area contributed by atoms with Gasteiger partial charge in [0.2, 0.25) is 0 Å². The first-order valence-electron chi connectivity index (χ1n) is 6.25. The van der Waals surface area contributed by atoms with Crippen molar-refractivity contribution in [3.8, 4) is 0 Å². The number of hydrogen-bond donors (Lipinski definition) is 1. The Morgan fingerprint density at radius 2 is 2.12 bits per heavy atom. The zero-order valence-corrected chi connectivity index (χ0v) is 10.6. The summed E-state index contributed by atoms with van der Waals surface area (Å²) in [6, 6.07) is 6.61. The van der Waals surface area contributed by atoms with Gasteiger partial charge in [-0.15, -0.1) is 0 Å². The van der Waals surface area contributed by atoms with Gasteiger partial charge in [-0.3, -0.25) is 0 Å². The third-order valence-electron chi connectivity index (χ3n) is 4.05. The normalized spacial score (nSPS) is 20.6. The van der Waals surface area contributed by atoms with Crippen molar-refractivity contribution in [1.29, 1.82) is 0 Å². The Labute approximate surface area is 98.5 Å². The Bertz CT molecular complexity index is 379. The maximum absolute atomic E-state index is 9.56. The maximum Gasteiger partial charge on any atom is 0.0487 e. The van der Waals surface area contributed by atoms with E-state index in [2.05, 4.69) is 39.0 Å². The number of rotatable bonds is 2. The molecule has 2 rings (SSSR count). The molecule has 1 aromatic rings. The van der Waals surface area contributed by atoms with Crippen LogP contribution in [0.1, 0.15) is 49.3 Å². The van der Waals surface area contributed by atoms with Crippen LogP contribution in [0.15, 0.2) is 18.2 Å². The van der Waals surface area contributed by atoms with Crippen LogP contribution in [0.4, 0.5) is 0 Å². The number of benzene rings is 1. The Morgan fingerprint density at radius 3 is 2.81 bits per heavy atom. The average molecular weight is 218 g/mol. The molecule has 1 nitrogen and oxygen atoms in total. The third-order valence-corrected chi connectivity index (χ3v) is 4.05. The lowest BCUT2D eigenvalue weighted by Gasteiger charge is -2.38. The molecule has 0 bridgehead atoms. The summed E-state index contributed by atoms with van der Waals surface area (Å²) in [5.41, 5.74) is 4.40. The molecule has 1 heteroatoms. The fraction of sp³-hybridized carbons (Fsp3) is 0.600. The molecular formula is C15H22O. The molecule has 0 radical (unpaired) electrons. The molecule has 0 heterocycles. The molecule has 1 atom stereocenters. The number of aliphatic hydroxyl groups excluding tert-OH is 1. The van der Waals surface area contributed by atoms with Gasteiger partial charge in [-0.25, -0.2) is 0 Å². The molecule has 0 spiro atoms. The molecule has 1 aliphatic carbocycles. The van der Waals surface area contributed by atoms with E-state index in [4.69, 9.17) is 0 Å². The van der Waals surface area contributed by atoms with Crippen molar-refractivity contribution in [2.24, 2.45) is 5.41 Å². The zero-order valence-electron chi connectivity index (χ0n) is 10.6. The molecular weight excluding hydrogens is 196 g/mol. The van der Waals surface area contributed by atoms with E-state index >= 15 is 0 Å². The first-order chi connectivity index (χ1) is 7.56. The van der Waals surface area contributed by atoms with Crippen molar-refractivity contribution in [3.05, 3.63) is 34.9 Å². The van der Waals surface area contributed by atoms with Gasteiger partial charge in [-0.1, -0.05) is 32.0 Å². The van der Waals surface area contributed by atoms with Crippen molar-refractivity contribution in [3.63, 3.8) is 0 Å². The monoisotopic (exact) mass is 218 g/mol. The van der Waals surface area contributed by atoms with E-state index in [1.807, 2.05) is 0 Å². The first-order valence-corrected chi connectivity index (χ1v) is 6.25. The predicted octanol–water partition coefficient (Wildman–Crippen LogP) is 3.43. The molecule has 0 amide bonds. The van der Waals surface area contributed by atoms with Crippen LogP contribution in [0, 0.1) is 12.3 Å². The van der Waals surface area contributed by atoms with Crippen molar-refractivity contribution < 1.29 is 5.11 Å². The molecule has 1 aliphatic rings. The highest BCUT2D eigenvalue weighted by atomic mass is 16.3. The molecule has 1 N–H and O–H groups in total. The van der Waals surface area contributed by atoms with Crippen LogP contribution in [0.25, 0.3) is 0 Å². The molecule has 0 fully saturated rings. The summed E-state index contributed by atoms with van der Waals surface area (Å²) >= 11 is 0. The number of aliphatic hydroxyl groups is 1. The van der Waals surface area contributed by atoms with Gasteiger partial charge >= 0.3 is 0 Å². The van der Waals surface area contributed by atoms with Crippen LogP contribution in [0.2, 0.25) is 0 Å². The molecule has 0 aliphatic heterocycles. The van der Waals surface area contributed by atoms with Crippen LogP contribution in [-0.4, -0.2) is 11.7 Å². The Hall–Kier alpha value is -0.820. The minimum Gasteiger partial charge on any atom is -0.396 e. The summed E-state index contributed by atoms with van der Waals surface area (Å²) < 4.78 is 0. The topological polar surface area (TPSA) is 20.2 Å². The molecule has 1 unspecified atom stereocenters. The van der Waals surface area contributed by atoms with E-state index in [0.717, 1.165) is 0 Å². The van der Waals surface area contributed by atoms with Crippen molar-refractivity contribution in [1.82, 2.24) is 0 Å². The van der Waals surface area contributed by atoms with Crippen LogP contribution in [-0.2, 0) is 6.42 Å². The minimum atomic E-state index is 0.00127. The van der Waals surface area contributed by atoms with Gasteiger partial charge in [0.1, 0.15) is 0 Å². The second kappa shape index (κ2) is 4.21. The third kappa shape index (κ3) is 1.89. The summed E-state index contributed by atoms with van der Waals surface area (Å²) in [5.74, 6) is 0.516. The lowest BCUT2D eigenvalue weighted by molar-refractivity contribution is 0.122. The fourth-order valence-electron chi connectivity index (χ4n) is 2.99. The molecule has 88 valence electrons. The molecule has 16 heavy (non-hydrogen) atoms. The average Bonchev–Trinajstić information content (AvgIpc) is 2.29. The molecule has 0 saturated heterocycles. The van der Waals surface area contributed by atoms with Gasteiger partial charge in [-0.2, -0.15) is 0 Å². The van der Waals surface area contributed by atoms with E-state index in [1.165, 1.54) is 36.0 Å². The van der Waals surface area contributed by atoms with Crippen molar-refractivity contribution in [2.45, 2.75) is 46.0 Å². The zero-order chi connectivity index (χ0) is 11.8. The minimum absolute atomic E-state index is 0.00127. The van der Waals surface area contributed by atoms with Gasteiger partial charge in [-0.05, 0) is 54.2 Å². The Balaban J connectivity index is 2.47. The summed E-state index contributed by atoms with van der Waals surface area (Å²) in [6.45, 7) is 6.83. The van der Waals surface area contributed by atoms with E-state index < -0.39 is 0 Å². The van der Waals surface area contributed by atoms with E-state index in [0.29, 0.717) is 5.92 Å². The van der Waals surface area contributed by atoms with Crippen LogP contribution < -0.4 is 0 Å². The van der Waals surface area contributed by atoms with Gasteiger partial charge in [0.25, 0.3) is 0 Å². The highest BCUT2D eigenvalue weighted by molar-refractivity contribution is 5.40. The van der Waals surface area contributed by atoms with Crippen LogP contribution in [0.5, 0.6) is 0 Å². The second-order valence-corrected chi connectivity index (χ2v) is 5.74. The molecule has 0 saturated carbocycles. The van der Waals surface area contributed by atoms with E-state index in [9.17, 15) is 5.11 Å². The summed E-state index contributed by atoms with van der Waals surface area (Å²) in [4.78, 5) is 0. The lowest BCUT2D eigenvalue weighted by Crippen LogP contribution is -2.29. The standard InChI is InChI=1S/C15H22O/c1-11-6-4-7-12-8-5-9-13(14(11)12)15(2,3)10-16/h4,6-7,13,16H,5,8-10H2,1-3H3. The predicted molar refractivity (Wildman–Crippen MR) is 67.7 cm³/mol. The van der Waals surface area contributed by atoms with Crippen LogP contribution in [0.3, 0.4) is 0 Å². The van der Waals surface area contributed by atoms with Gasteiger partial charge in [0.15, 0.2) is 0 Å². The molecule has 1 aromatic carbocycles. The highest BCUT2D eigenvalue weighted by Gasteiger charge is 2.34. The van der Waals surface area contributed by atoms with Crippen molar-refractivity contribution in [2.75, 3.05) is 6.61 Å². The number of aryl methyl sites for hydroxylation is 2. The SMILES string of the molecule is Cc1cccc2c1C(C(C)(C)CO)CCC2.